The van der Waals surface area contributed by atoms with Crippen LogP contribution in [0.5, 0.6) is 0 Å². The molecule has 3 unspecified atom stereocenters. The Hall–Kier alpha value is -0.420. The highest BCUT2D eigenvalue weighted by Gasteiger charge is 2.43. The van der Waals surface area contributed by atoms with E-state index in [9.17, 15) is 0 Å². The van der Waals surface area contributed by atoms with Crippen LogP contribution in [-0.4, -0.2) is 32.5 Å². The van der Waals surface area contributed by atoms with E-state index in [0.29, 0.717) is 12.0 Å². The average Bonchev–Trinajstić information content (AvgIpc) is 3.01. The molecule has 106 valence electrons. The third-order valence-corrected chi connectivity index (χ3v) is 5.53. The van der Waals surface area contributed by atoms with Crippen molar-refractivity contribution in [1.29, 1.82) is 0 Å². The zero-order valence-electron chi connectivity index (χ0n) is 11.8. The lowest BCUT2D eigenvalue weighted by atomic mass is 9.80. The largest absolute Gasteiger partial charge is 0.378 e. The van der Waals surface area contributed by atoms with Gasteiger partial charge in [-0.3, -0.25) is 0 Å². The lowest BCUT2D eigenvalue weighted by Crippen LogP contribution is -2.43. The standard InChI is InChI=1S/C15H23NO2S/c1-11-3-4-13(19-11)14(16-2)12-5-7-18-15(9-12)6-8-17-10-15/h3-4,12,14,16H,5-10H2,1-2H3. The summed E-state index contributed by atoms with van der Waals surface area (Å²) >= 11 is 1.91. The van der Waals surface area contributed by atoms with E-state index < -0.39 is 0 Å². The second-order valence-electron chi connectivity index (χ2n) is 5.80. The molecule has 0 aromatic carbocycles. The van der Waals surface area contributed by atoms with E-state index in [4.69, 9.17) is 9.47 Å². The molecule has 1 N–H and O–H groups in total. The van der Waals surface area contributed by atoms with Crippen molar-refractivity contribution >= 4 is 11.3 Å². The first-order valence-electron chi connectivity index (χ1n) is 7.18. The number of ether oxygens (including phenoxy) is 2. The van der Waals surface area contributed by atoms with Gasteiger partial charge < -0.3 is 14.8 Å². The zero-order chi connectivity index (χ0) is 13.3. The minimum atomic E-state index is 0.00429. The minimum Gasteiger partial charge on any atom is -0.378 e. The van der Waals surface area contributed by atoms with Crippen LogP contribution in [0.4, 0.5) is 0 Å². The first kappa shape index (κ1) is 13.6. The van der Waals surface area contributed by atoms with Gasteiger partial charge in [0.15, 0.2) is 0 Å². The van der Waals surface area contributed by atoms with Crippen LogP contribution in [0, 0.1) is 12.8 Å². The van der Waals surface area contributed by atoms with Gasteiger partial charge in [-0.15, -0.1) is 11.3 Å². The number of aryl methyl sites for hydroxylation is 1. The second-order valence-corrected chi connectivity index (χ2v) is 7.12. The maximum Gasteiger partial charge on any atom is 0.0940 e. The molecule has 0 aliphatic carbocycles. The van der Waals surface area contributed by atoms with Crippen LogP contribution in [0.3, 0.4) is 0 Å². The molecule has 0 bridgehead atoms. The molecule has 1 aromatic rings. The van der Waals surface area contributed by atoms with Crippen LogP contribution in [0.1, 0.15) is 35.1 Å². The Kier molecular flexibility index (Phi) is 3.94. The van der Waals surface area contributed by atoms with Gasteiger partial charge in [0.2, 0.25) is 0 Å². The van der Waals surface area contributed by atoms with Gasteiger partial charge in [0.1, 0.15) is 0 Å². The van der Waals surface area contributed by atoms with E-state index in [0.717, 1.165) is 39.1 Å². The van der Waals surface area contributed by atoms with Crippen molar-refractivity contribution in [2.45, 2.75) is 37.8 Å². The molecule has 2 aliphatic rings. The molecule has 19 heavy (non-hydrogen) atoms. The van der Waals surface area contributed by atoms with E-state index in [-0.39, 0.29) is 5.60 Å². The van der Waals surface area contributed by atoms with Crippen molar-refractivity contribution in [1.82, 2.24) is 5.32 Å². The molecular formula is C15H23NO2S. The van der Waals surface area contributed by atoms with Crippen molar-refractivity contribution in [3.63, 3.8) is 0 Å². The fourth-order valence-corrected chi connectivity index (χ4v) is 4.53. The minimum absolute atomic E-state index is 0.00429. The van der Waals surface area contributed by atoms with Gasteiger partial charge >= 0.3 is 0 Å². The maximum absolute atomic E-state index is 6.04. The van der Waals surface area contributed by atoms with Gasteiger partial charge in [0.25, 0.3) is 0 Å². The van der Waals surface area contributed by atoms with Crippen molar-refractivity contribution in [2.75, 3.05) is 26.9 Å². The summed E-state index contributed by atoms with van der Waals surface area (Å²) in [6.07, 6.45) is 3.32. The predicted molar refractivity (Wildman–Crippen MR) is 77.7 cm³/mol. The quantitative estimate of drug-likeness (QED) is 0.924. The third-order valence-electron chi connectivity index (χ3n) is 4.45. The molecule has 1 spiro atoms. The molecular weight excluding hydrogens is 258 g/mol. The van der Waals surface area contributed by atoms with Gasteiger partial charge in [0.05, 0.1) is 12.2 Å². The van der Waals surface area contributed by atoms with Crippen molar-refractivity contribution in [2.24, 2.45) is 5.92 Å². The molecule has 0 saturated carbocycles. The Morgan fingerprint density at radius 3 is 2.95 bits per heavy atom. The SMILES string of the molecule is CNC(c1ccc(C)s1)C1CCOC2(CCOC2)C1. The molecule has 3 rings (SSSR count). The number of nitrogens with one attached hydrogen (secondary N) is 1. The topological polar surface area (TPSA) is 30.5 Å². The normalized spacial score (nSPS) is 32.8. The molecule has 2 saturated heterocycles. The summed E-state index contributed by atoms with van der Waals surface area (Å²) in [5.41, 5.74) is 0.00429. The number of rotatable bonds is 3. The number of thiophene rings is 1. The Morgan fingerprint density at radius 2 is 2.32 bits per heavy atom. The summed E-state index contributed by atoms with van der Waals surface area (Å²) in [5.74, 6) is 0.651. The lowest BCUT2D eigenvalue weighted by Gasteiger charge is -2.40. The van der Waals surface area contributed by atoms with Crippen LogP contribution in [0.25, 0.3) is 0 Å². The highest BCUT2D eigenvalue weighted by Crippen LogP contribution is 2.42. The van der Waals surface area contributed by atoms with Crippen molar-refractivity contribution in [3.05, 3.63) is 21.9 Å². The Balaban J connectivity index is 1.76. The number of hydrogen-bond acceptors (Lipinski definition) is 4. The lowest BCUT2D eigenvalue weighted by molar-refractivity contribution is -0.103. The molecule has 2 fully saturated rings. The van der Waals surface area contributed by atoms with E-state index in [1.165, 1.54) is 9.75 Å². The molecule has 2 aliphatic heterocycles. The van der Waals surface area contributed by atoms with Gasteiger partial charge in [-0.1, -0.05) is 0 Å². The van der Waals surface area contributed by atoms with Crippen molar-refractivity contribution < 1.29 is 9.47 Å². The molecule has 1 aromatic heterocycles. The van der Waals surface area contributed by atoms with Crippen LogP contribution in [-0.2, 0) is 9.47 Å². The van der Waals surface area contributed by atoms with E-state index in [2.05, 4.69) is 31.4 Å². The summed E-state index contributed by atoms with van der Waals surface area (Å²) in [6, 6.07) is 4.95. The summed E-state index contributed by atoms with van der Waals surface area (Å²) in [5, 5.41) is 3.52. The molecule has 3 heterocycles. The molecule has 0 amide bonds. The second kappa shape index (κ2) is 5.52. The van der Waals surface area contributed by atoms with Crippen LogP contribution >= 0.6 is 11.3 Å². The average molecular weight is 281 g/mol. The highest BCUT2D eigenvalue weighted by molar-refractivity contribution is 7.12. The van der Waals surface area contributed by atoms with Crippen LogP contribution in [0.15, 0.2) is 12.1 Å². The fourth-order valence-electron chi connectivity index (χ4n) is 3.44. The fraction of sp³-hybridized carbons (Fsp3) is 0.733. The smallest absolute Gasteiger partial charge is 0.0940 e. The predicted octanol–water partition coefficient (Wildman–Crippen LogP) is 2.90. The summed E-state index contributed by atoms with van der Waals surface area (Å²) < 4.78 is 11.6. The third kappa shape index (κ3) is 2.72. The van der Waals surface area contributed by atoms with Crippen LogP contribution < -0.4 is 5.32 Å². The van der Waals surface area contributed by atoms with Gasteiger partial charge in [0, 0.05) is 35.4 Å². The molecule has 3 atom stereocenters. The molecule has 3 nitrogen and oxygen atoms in total. The summed E-state index contributed by atoms with van der Waals surface area (Å²) in [6.45, 7) is 4.69. The summed E-state index contributed by atoms with van der Waals surface area (Å²) in [7, 11) is 2.08. The highest BCUT2D eigenvalue weighted by atomic mass is 32.1. The monoisotopic (exact) mass is 281 g/mol. The van der Waals surface area contributed by atoms with Crippen molar-refractivity contribution in [3.8, 4) is 0 Å². The van der Waals surface area contributed by atoms with E-state index in [1.807, 2.05) is 11.3 Å². The first-order valence-corrected chi connectivity index (χ1v) is 7.99. The molecule has 0 radical (unpaired) electrons. The Morgan fingerprint density at radius 1 is 1.42 bits per heavy atom. The number of hydrogen-bond donors (Lipinski definition) is 1. The molecule has 4 heteroatoms. The first-order chi connectivity index (χ1) is 9.22. The Labute approximate surface area is 119 Å². The van der Waals surface area contributed by atoms with E-state index in [1.54, 1.807) is 0 Å². The Bertz CT molecular complexity index is 426. The maximum atomic E-state index is 6.04. The van der Waals surface area contributed by atoms with E-state index >= 15 is 0 Å². The van der Waals surface area contributed by atoms with Crippen LogP contribution in [0.2, 0.25) is 0 Å². The van der Waals surface area contributed by atoms with Gasteiger partial charge in [-0.05, 0) is 44.9 Å². The van der Waals surface area contributed by atoms with Gasteiger partial charge in [-0.25, -0.2) is 0 Å². The summed E-state index contributed by atoms with van der Waals surface area (Å²) in [4.78, 5) is 2.85. The zero-order valence-corrected chi connectivity index (χ0v) is 12.6. The van der Waals surface area contributed by atoms with Gasteiger partial charge in [-0.2, -0.15) is 0 Å².